The van der Waals surface area contributed by atoms with E-state index in [4.69, 9.17) is 5.73 Å². The Bertz CT molecular complexity index is 856. The van der Waals surface area contributed by atoms with Gasteiger partial charge in [-0.15, -0.1) is 0 Å². The molecule has 1 saturated carbocycles. The molecule has 0 unspecified atom stereocenters. The minimum absolute atomic E-state index is 0.223. The number of hydrogen-bond donors (Lipinski definition) is 1. The highest BCUT2D eigenvalue weighted by Gasteiger charge is 2.23. The molecule has 0 radical (unpaired) electrons. The molecular weight excluding hydrogens is 277 g/mol. The second kappa shape index (κ2) is 5.05. The lowest BCUT2D eigenvalue weighted by molar-refractivity contribution is 0.640. The van der Waals surface area contributed by atoms with Crippen molar-refractivity contribution in [2.75, 3.05) is 5.73 Å². The van der Waals surface area contributed by atoms with Gasteiger partial charge >= 0.3 is 0 Å². The Balaban J connectivity index is 1.87. The number of halogens is 1. The molecular formula is C18H16FN3. The predicted octanol–water partition coefficient (Wildman–Crippen LogP) is 3.97. The summed E-state index contributed by atoms with van der Waals surface area (Å²) in [5.41, 5.74) is 8.50. The molecule has 0 aliphatic heterocycles. The Hall–Kier alpha value is -2.49. The summed E-state index contributed by atoms with van der Waals surface area (Å²) < 4.78 is 14.0. The third kappa shape index (κ3) is 2.41. The Morgan fingerprint density at radius 2 is 1.82 bits per heavy atom. The van der Waals surface area contributed by atoms with Crippen molar-refractivity contribution in [1.82, 2.24) is 9.97 Å². The van der Waals surface area contributed by atoms with E-state index in [-0.39, 0.29) is 11.8 Å². The minimum Gasteiger partial charge on any atom is -0.368 e. The smallest absolute Gasteiger partial charge is 0.220 e. The molecule has 0 spiro atoms. The minimum atomic E-state index is -0.223. The van der Waals surface area contributed by atoms with Gasteiger partial charge in [-0.3, -0.25) is 0 Å². The van der Waals surface area contributed by atoms with E-state index in [2.05, 4.69) is 9.97 Å². The van der Waals surface area contributed by atoms with Gasteiger partial charge in [-0.05, 0) is 48.8 Å². The number of rotatable bonds is 3. The normalized spacial score (nSPS) is 14.4. The number of fused-ring (bicyclic) bond motifs is 1. The SMILES string of the molecule is Nc1nc(CC2CC2)cc(-c2ccc(F)c3ccccc23)n1. The monoisotopic (exact) mass is 293 g/mol. The highest BCUT2D eigenvalue weighted by atomic mass is 19.1. The van der Waals surface area contributed by atoms with Crippen molar-refractivity contribution < 1.29 is 4.39 Å². The summed E-state index contributed by atoms with van der Waals surface area (Å²) in [6, 6.07) is 12.7. The maximum Gasteiger partial charge on any atom is 0.220 e. The predicted molar refractivity (Wildman–Crippen MR) is 85.8 cm³/mol. The number of nitrogens with two attached hydrogens (primary N) is 1. The molecule has 2 aromatic carbocycles. The van der Waals surface area contributed by atoms with Gasteiger partial charge in [-0.2, -0.15) is 0 Å². The second-order valence-electron chi connectivity index (χ2n) is 5.89. The standard InChI is InChI=1S/C18H16FN3/c19-16-8-7-15(13-3-1-2-4-14(13)16)17-10-12(9-11-5-6-11)21-18(20)22-17/h1-4,7-8,10-11H,5-6,9H2,(H2,20,21,22). The van der Waals surface area contributed by atoms with Crippen molar-refractivity contribution in [2.24, 2.45) is 5.92 Å². The van der Waals surface area contributed by atoms with Gasteiger partial charge in [0.15, 0.2) is 0 Å². The molecule has 0 amide bonds. The van der Waals surface area contributed by atoms with Crippen molar-refractivity contribution in [3.63, 3.8) is 0 Å². The van der Waals surface area contributed by atoms with Crippen LogP contribution in [0.4, 0.5) is 10.3 Å². The maximum absolute atomic E-state index is 14.0. The Kier molecular flexibility index (Phi) is 3.03. The molecule has 1 aliphatic carbocycles. The molecule has 1 aliphatic rings. The molecule has 0 bridgehead atoms. The van der Waals surface area contributed by atoms with E-state index in [9.17, 15) is 4.39 Å². The molecule has 1 fully saturated rings. The quantitative estimate of drug-likeness (QED) is 0.795. The third-order valence-corrected chi connectivity index (χ3v) is 4.14. The lowest BCUT2D eigenvalue weighted by Gasteiger charge is -2.09. The summed E-state index contributed by atoms with van der Waals surface area (Å²) >= 11 is 0. The number of aromatic nitrogens is 2. The third-order valence-electron chi connectivity index (χ3n) is 4.14. The largest absolute Gasteiger partial charge is 0.368 e. The van der Waals surface area contributed by atoms with E-state index in [0.29, 0.717) is 5.39 Å². The first kappa shape index (κ1) is 13.2. The number of nitrogens with zero attached hydrogens (tertiary/aromatic N) is 2. The number of nitrogen functional groups attached to an aromatic ring is 1. The molecule has 1 aromatic heterocycles. The van der Waals surface area contributed by atoms with Gasteiger partial charge in [-0.25, -0.2) is 14.4 Å². The van der Waals surface area contributed by atoms with Gasteiger partial charge in [0.2, 0.25) is 5.95 Å². The number of hydrogen-bond acceptors (Lipinski definition) is 3. The van der Waals surface area contributed by atoms with Gasteiger partial charge in [0.1, 0.15) is 5.82 Å². The average molecular weight is 293 g/mol. The van der Waals surface area contributed by atoms with Crippen LogP contribution in [0.5, 0.6) is 0 Å². The van der Waals surface area contributed by atoms with Gasteiger partial charge in [0.05, 0.1) is 5.69 Å². The first-order valence-corrected chi connectivity index (χ1v) is 7.52. The van der Waals surface area contributed by atoms with E-state index in [1.807, 2.05) is 24.3 Å². The number of anilines is 1. The topological polar surface area (TPSA) is 51.8 Å². The molecule has 0 atom stereocenters. The van der Waals surface area contributed by atoms with Crippen LogP contribution in [0.1, 0.15) is 18.5 Å². The zero-order valence-electron chi connectivity index (χ0n) is 12.1. The lowest BCUT2D eigenvalue weighted by Crippen LogP contribution is -2.02. The lowest BCUT2D eigenvalue weighted by atomic mass is 10.0. The maximum atomic E-state index is 14.0. The van der Waals surface area contributed by atoms with Gasteiger partial charge < -0.3 is 5.73 Å². The molecule has 3 aromatic rings. The highest BCUT2D eigenvalue weighted by Crippen LogP contribution is 2.34. The molecule has 110 valence electrons. The van der Waals surface area contributed by atoms with E-state index >= 15 is 0 Å². The van der Waals surface area contributed by atoms with Crippen LogP contribution in [-0.4, -0.2) is 9.97 Å². The molecule has 3 nitrogen and oxygen atoms in total. The van der Waals surface area contributed by atoms with Crippen molar-refractivity contribution in [3.05, 3.63) is 54.0 Å². The summed E-state index contributed by atoms with van der Waals surface area (Å²) in [6.07, 6.45) is 3.47. The summed E-state index contributed by atoms with van der Waals surface area (Å²) in [5.74, 6) is 0.785. The Morgan fingerprint density at radius 3 is 2.59 bits per heavy atom. The van der Waals surface area contributed by atoms with Crippen molar-refractivity contribution in [2.45, 2.75) is 19.3 Å². The van der Waals surface area contributed by atoms with Crippen molar-refractivity contribution in [3.8, 4) is 11.3 Å². The molecule has 2 N–H and O–H groups in total. The van der Waals surface area contributed by atoms with Crippen LogP contribution in [0.15, 0.2) is 42.5 Å². The first-order chi connectivity index (χ1) is 10.7. The van der Waals surface area contributed by atoms with E-state index in [1.165, 1.54) is 18.9 Å². The highest BCUT2D eigenvalue weighted by molar-refractivity contribution is 5.96. The van der Waals surface area contributed by atoms with Crippen LogP contribution in [0.3, 0.4) is 0 Å². The van der Waals surface area contributed by atoms with Crippen molar-refractivity contribution >= 4 is 16.7 Å². The first-order valence-electron chi connectivity index (χ1n) is 7.52. The number of benzene rings is 2. The van der Waals surface area contributed by atoms with Crippen LogP contribution in [0.2, 0.25) is 0 Å². The van der Waals surface area contributed by atoms with E-state index < -0.39 is 0 Å². The Labute approximate surface area is 128 Å². The summed E-state index contributed by atoms with van der Waals surface area (Å²) in [6.45, 7) is 0. The zero-order valence-corrected chi connectivity index (χ0v) is 12.1. The second-order valence-corrected chi connectivity index (χ2v) is 5.89. The van der Waals surface area contributed by atoms with Crippen LogP contribution in [0, 0.1) is 11.7 Å². The molecule has 0 saturated heterocycles. The van der Waals surface area contributed by atoms with Crippen LogP contribution in [-0.2, 0) is 6.42 Å². The average Bonchev–Trinajstić information content (AvgIpc) is 3.31. The van der Waals surface area contributed by atoms with Crippen molar-refractivity contribution in [1.29, 1.82) is 0 Å². The fourth-order valence-electron chi connectivity index (χ4n) is 2.86. The molecule has 22 heavy (non-hydrogen) atoms. The van der Waals surface area contributed by atoms with Gasteiger partial charge in [-0.1, -0.05) is 24.3 Å². The fourth-order valence-corrected chi connectivity index (χ4v) is 2.86. The van der Waals surface area contributed by atoms with E-state index in [0.717, 1.165) is 34.7 Å². The summed E-state index contributed by atoms with van der Waals surface area (Å²) in [5, 5.41) is 1.44. The van der Waals surface area contributed by atoms with Crippen LogP contribution in [0.25, 0.3) is 22.0 Å². The van der Waals surface area contributed by atoms with Gasteiger partial charge in [0, 0.05) is 16.6 Å². The van der Waals surface area contributed by atoms with Crippen LogP contribution >= 0.6 is 0 Å². The van der Waals surface area contributed by atoms with Gasteiger partial charge in [0.25, 0.3) is 0 Å². The fraction of sp³-hybridized carbons (Fsp3) is 0.222. The zero-order chi connectivity index (χ0) is 15.1. The van der Waals surface area contributed by atoms with Crippen LogP contribution < -0.4 is 5.73 Å². The molecule has 4 rings (SSSR count). The molecule has 1 heterocycles. The Morgan fingerprint density at radius 1 is 1.05 bits per heavy atom. The summed E-state index contributed by atoms with van der Waals surface area (Å²) in [4.78, 5) is 8.69. The molecule has 4 heteroatoms. The summed E-state index contributed by atoms with van der Waals surface area (Å²) in [7, 11) is 0. The van der Waals surface area contributed by atoms with E-state index in [1.54, 1.807) is 12.1 Å².